The summed E-state index contributed by atoms with van der Waals surface area (Å²) in [4.78, 5) is 16.9. The molecule has 0 radical (unpaired) electrons. The lowest BCUT2D eigenvalue weighted by atomic mass is 10.1. The van der Waals surface area contributed by atoms with Crippen LogP contribution in [0.25, 0.3) is 21.8 Å². The molecule has 0 atom stereocenters. The van der Waals surface area contributed by atoms with Crippen LogP contribution >= 0.6 is 38.8 Å². The number of hydrogen-bond acceptors (Lipinski definition) is 6. The monoisotopic (exact) mass is 456 g/mol. The van der Waals surface area contributed by atoms with E-state index in [4.69, 9.17) is 0 Å². The van der Waals surface area contributed by atoms with E-state index in [0.717, 1.165) is 37.7 Å². The van der Waals surface area contributed by atoms with Crippen LogP contribution < -0.4 is 5.32 Å². The minimum atomic E-state index is -0.0934. The molecule has 0 aliphatic rings. The summed E-state index contributed by atoms with van der Waals surface area (Å²) in [6, 6.07) is 15.5. The molecule has 0 bridgehead atoms. The lowest BCUT2D eigenvalue weighted by Gasteiger charge is -2.05. The number of benzene rings is 2. The van der Waals surface area contributed by atoms with Crippen LogP contribution in [0.15, 0.2) is 63.8 Å². The summed E-state index contributed by atoms with van der Waals surface area (Å²) >= 11 is 6.32. The molecule has 0 spiro atoms. The van der Waals surface area contributed by atoms with Crippen LogP contribution in [0.4, 0.5) is 5.69 Å². The number of carbonyl (C=O) groups is 1. The van der Waals surface area contributed by atoms with E-state index in [9.17, 15) is 4.79 Å². The summed E-state index contributed by atoms with van der Waals surface area (Å²) in [5.74, 6) is -0.0934. The number of anilines is 1. The van der Waals surface area contributed by atoms with Crippen molar-refractivity contribution in [2.75, 3.05) is 5.32 Å². The van der Waals surface area contributed by atoms with Gasteiger partial charge in [0.2, 0.25) is 5.91 Å². The highest BCUT2D eigenvalue weighted by Gasteiger charge is 2.10. The Hall–Kier alpha value is -2.42. The predicted molar refractivity (Wildman–Crippen MR) is 113 cm³/mol. The molecule has 1 N–H and O–H groups in total. The smallest absolute Gasteiger partial charge is 0.230 e. The molecular formula is C19H13BrN4OS2. The Kier molecular flexibility index (Phi) is 5.38. The second kappa shape index (κ2) is 8.08. The van der Waals surface area contributed by atoms with E-state index in [1.807, 2.05) is 59.3 Å². The first-order chi connectivity index (χ1) is 13.2. The zero-order valence-corrected chi connectivity index (χ0v) is 17.1. The lowest BCUT2D eigenvalue weighted by molar-refractivity contribution is -0.115. The molecule has 2 aromatic heterocycles. The van der Waals surface area contributed by atoms with Gasteiger partial charge in [-0.2, -0.15) is 0 Å². The van der Waals surface area contributed by atoms with Gasteiger partial charge in [0.25, 0.3) is 0 Å². The van der Waals surface area contributed by atoms with Crippen molar-refractivity contribution in [1.29, 1.82) is 0 Å². The Balaban J connectivity index is 1.40. The predicted octanol–water partition coefficient (Wildman–Crippen LogP) is 5.27. The molecule has 0 aliphatic carbocycles. The molecule has 0 saturated carbocycles. The number of hydrogen-bond donors (Lipinski definition) is 1. The van der Waals surface area contributed by atoms with Gasteiger partial charge in [-0.25, -0.2) is 4.98 Å². The molecule has 27 heavy (non-hydrogen) atoms. The summed E-state index contributed by atoms with van der Waals surface area (Å²) in [6.07, 6.45) is 0.238. The van der Waals surface area contributed by atoms with Gasteiger partial charge in [-0.1, -0.05) is 44.7 Å². The van der Waals surface area contributed by atoms with Crippen LogP contribution in [0, 0.1) is 0 Å². The quantitative estimate of drug-likeness (QED) is 0.443. The summed E-state index contributed by atoms with van der Waals surface area (Å²) in [7, 11) is 0. The van der Waals surface area contributed by atoms with Crippen molar-refractivity contribution < 1.29 is 4.79 Å². The topological polar surface area (TPSA) is 67.8 Å². The van der Waals surface area contributed by atoms with Crippen molar-refractivity contribution in [3.8, 4) is 21.8 Å². The van der Waals surface area contributed by atoms with Gasteiger partial charge in [-0.05, 0) is 35.8 Å². The first kappa shape index (κ1) is 18.0. The fourth-order valence-electron chi connectivity index (χ4n) is 2.53. The van der Waals surface area contributed by atoms with Gasteiger partial charge < -0.3 is 5.32 Å². The Bertz CT molecular complexity index is 1060. The molecule has 0 fully saturated rings. The maximum atomic E-state index is 12.3. The number of carbonyl (C=O) groups excluding carboxylic acids is 1. The molecule has 1 amide bonds. The molecule has 0 unspecified atom stereocenters. The van der Waals surface area contributed by atoms with Gasteiger partial charge in [0.1, 0.15) is 10.7 Å². The van der Waals surface area contributed by atoms with E-state index in [0.29, 0.717) is 0 Å². The maximum absolute atomic E-state index is 12.3. The van der Waals surface area contributed by atoms with E-state index < -0.39 is 0 Å². The third-order valence-electron chi connectivity index (χ3n) is 3.79. The van der Waals surface area contributed by atoms with Gasteiger partial charge in [0, 0.05) is 32.0 Å². The third-order valence-corrected chi connectivity index (χ3v) is 5.73. The van der Waals surface area contributed by atoms with Crippen LogP contribution in [-0.2, 0) is 11.2 Å². The van der Waals surface area contributed by atoms with Crippen LogP contribution in [0.5, 0.6) is 0 Å². The number of halogens is 1. The first-order valence-corrected chi connectivity index (χ1v) is 10.6. The third kappa shape index (κ3) is 4.47. The van der Waals surface area contributed by atoms with Gasteiger partial charge >= 0.3 is 0 Å². The molecule has 0 aliphatic heterocycles. The Morgan fingerprint density at radius 2 is 1.93 bits per heavy atom. The second-order valence-corrected chi connectivity index (χ2v) is 8.13. The van der Waals surface area contributed by atoms with Crippen molar-refractivity contribution in [1.82, 2.24) is 14.6 Å². The molecule has 4 aromatic rings. The lowest BCUT2D eigenvalue weighted by Crippen LogP contribution is -2.14. The molecule has 0 saturated heterocycles. The highest BCUT2D eigenvalue weighted by molar-refractivity contribution is 9.10. The molecular weight excluding hydrogens is 444 g/mol. The van der Waals surface area contributed by atoms with E-state index in [1.165, 1.54) is 22.9 Å². The first-order valence-electron chi connectivity index (χ1n) is 8.05. The van der Waals surface area contributed by atoms with Crippen LogP contribution in [0.3, 0.4) is 0 Å². The summed E-state index contributed by atoms with van der Waals surface area (Å²) in [5, 5.41) is 11.7. The molecule has 2 heterocycles. The van der Waals surface area contributed by atoms with Crippen LogP contribution in [0.1, 0.15) is 5.69 Å². The fourth-order valence-corrected chi connectivity index (χ4v) is 4.21. The molecule has 8 heteroatoms. The van der Waals surface area contributed by atoms with Gasteiger partial charge in [0.15, 0.2) is 0 Å². The number of amides is 1. The van der Waals surface area contributed by atoms with E-state index in [-0.39, 0.29) is 12.3 Å². The zero-order valence-electron chi connectivity index (χ0n) is 13.9. The number of rotatable bonds is 5. The number of nitrogens with one attached hydrogen (secondary N) is 1. The van der Waals surface area contributed by atoms with Crippen molar-refractivity contribution in [3.63, 3.8) is 0 Å². The summed E-state index contributed by atoms with van der Waals surface area (Å²) < 4.78 is 4.86. The van der Waals surface area contributed by atoms with Gasteiger partial charge in [-0.15, -0.1) is 16.4 Å². The molecule has 134 valence electrons. The number of aromatic nitrogens is 3. The molecule has 5 nitrogen and oxygen atoms in total. The van der Waals surface area contributed by atoms with Crippen molar-refractivity contribution in [2.24, 2.45) is 0 Å². The largest absolute Gasteiger partial charge is 0.326 e. The SMILES string of the molecule is O=C(Cc1csc(-c2cccc(Br)c2)n1)Nc1ccc(-c2csnn2)cc1. The van der Waals surface area contributed by atoms with Crippen molar-refractivity contribution in [2.45, 2.75) is 6.42 Å². The average molecular weight is 457 g/mol. The second-order valence-electron chi connectivity index (χ2n) is 5.75. The minimum Gasteiger partial charge on any atom is -0.326 e. The summed E-state index contributed by atoms with van der Waals surface area (Å²) in [5.41, 5.74) is 4.35. The number of nitrogens with zero attached hydrogens (tertiary/aromatic N) is 3. The molecule has 2 aromatic carbocycles. The van der Waals surface area contributed by atoms with Crippen LogP contribution in [-0.4, -0.2) is 20.5 Å². The summed E-state index contributed by atoms with van der Waals surface area (Å²) in [6.45, 7) is 0. The zero-order chi connectivity index (χ0) is 18.6. The fraction of sp³-hybridized carbons (Fsp3) is 0.0526. The van der Waals surface area contributed by atoms with Gasteiger partial charge in [-0.3, -0.25) is 4.79 Å². The van der Waals surface area contributed by atoms with Crippen LogP contribution in [0.2, 0.25) is 0 Å². The number of thiazole rings is 1. The highest BCUT2D eigenvalue weighted by Crippen LogP contribution is 2.26. The average Bonchev–Trinajstić information content (AvgIpc) is 3.34. The van der Waals surface area contributed by atoms with Gasteiger partial charge in [0.05, 0.1) is 12.1 Å². The van der Waals surface area contributed by atoms with Crippen molar-refractivity contribution >= 4 is 50.4 Å². The Morgan fingerprint density at radius 1 is 1.07 bits per heavy atom. The standard InChI is InChI=1S/C19H13BrN4OS2/c20-14-3-1-2-13(8-14)19-22-16(10-26-19)9-18(25)21-15-6-4-12(5-7-15)17-11-27-24-23-17/h1-8,10-11H,9H2,(H,21,25). The van der Waals surface area contributed by atoms with E-state index in [2.05, 4.69) is 35.8 Å². The highest BCUT2D eigenvalue weighted by atomic mass is 79.9. The van der Waals surface area contributed by atoms with E-state index in [1.54, 1.807) is 0 Å². The Labute approximate surface area is 172 Å². The maximum Gasteiger partial charge on any atom is 0.230 e. The molecule has 4 rings (SSSR count). The normalized spacial score (nSPS) is 10.7. The van der Waals surface area contributed by atoms with Crippen molar-refractivity contribution in [3.05, 3.63) is 69.5 Å². The Morgan fingerprint density at radius 3 is 2.67 bits per heavy atom. The minimum absolute atomic E-state index is 0.0934. The van der Waals surface area contributed by atoms with E-state index >= 15 is 0 Å².